The smallest absolute Gasteiger partial charge is 0.167 e. The first kappa shape index (κ1) is 13.3. The van der Waals surface area contributed by atoms with Crippen LogP contribution in [-0.2, 0) is 4.74 Å². The molecule has 0 unspecified atom stereocenters. The maximum atomic E-state index is 10.1. The van der Waals surface area contributed by atoms with Crippen LogP contribution in [0.3, 0.4) is 0 Å². The molecule has 7 heteroatoms. The number of aliphatic hydroxyl groups excluding tert-OH is 1. The molecule has 3 rings (SSSR count). The zero-order valence-electron chi connectivity index (χ0n) is 11.8. The van der Waals surface area contributed by atoms with Crippen LogP contribution < -0.4 is 5.73 Å². The van der Waals surface area contributed by atoms with Crippen molar-refractivity contribution in [3.8, 4) is 0 Å². The molecule has 0 amide bonds. The van der Waals surface area contributed by atoms with E-state index in [-0.39, 0.29) is 18.2 Å². The first-order valence-electron chi connectivity index (χ1n) is 6.77. The number of ether oxygens (including phenoxy) is 1. The average molecular weight is 277 g/mol. The highest BCUT2D eigenvalue weighted by Crippen LogP contribution is 2.34. The SMILES string of the molecule is Cc1nc(N)c2ncn([C@H]3C[C@@H](O)[C@@H](C(C)C)O3)c2n1. The van der Waals surface area contributed by atoms with Gasteiger partial charge in [-0.05, 0) is 12.8 Å². The highest BCUT2D eigenvalue weighted by Gasteiger charge is 2.37. The Hall–Kier alpha value is -1.73. The van der Waals surface area contributed by atoms with Gasteiger partial charge in [-0.25, -0.2) is 15.0 Å². The highest BCUT2D eigenvalue weighted by atomic mass is 16.5. The topological polar surface area (TPSA) is 99.1 Å². The number of anilines is 1. The molecule has 1 saturated heterocycles. The van der Waals surface area contributed by atoms with Gasteiger partial charge in [-0.1, -0.05) is 13.8 Å². The quantitative estimate of drug-likeness (QED) is 0.850. The van der Waals surface area contributed by atoms with Crippen molar-refractivity contribution in [2.75, 3.05) is 5.73 Å². The summed E-state index contributed by atoms with van der Waals surface area (Å²) in [5, 5.41) is 10.1. The van der Waals surface area contributed by atoms with Gasteiger partial charge in [0.1, 0.15) is 17.6 Å². The fourth-order valence-electron chi connectivity index (χ4n) is 2.71. The van der Waals surface area contributed by atoms with Crippen molar-refractivity contribution in [3.63, 3.8) is 0 Å². The second kappa shape index (κ2) is 4.68. The molecule has 3 N–H and O–H groups in total. The first-order valence-corrected chi connectivity index (χ1v) is 6.77. The predicted molar refractivity (Wildman–Crippen MR) is 73.8 cm³/mol. The Balaban J connectivity index is 2.00. The molecule has 0 aliphatic carbocycles. The maximum absolute atomic E-state index is 10.1. The Morgan fingerprint density at radius 2 is 2.20 bits per heavy atom. The summed E-state index contributed by atoms with van der Waals surface area (Å²) in [5.41, 5.74) is 7.08. The number of fused-ring (bicyclic) bond motifs is 1. The van der Waals surface area contributed by atoms with Gasteiger partial charge in [-0.2, -0.15) is 0 Å². The number of nitrogens with zero attached hydrogens (tertiary/aromatic N) is 4. The molecule has 0 spiro atoms. The van der Waals surface area contributed by atoms with E-state index in [2.05, 4.69) is 15.0 Å². The molecule has 20 heavy (non-hydrogen) atoms. The van der Waals surface area contributed by atoms with Crippen molar-refractivity contribution in [1.29, 1.82) is 0 Å². The molecule has 1 aliphatic rings. The fourth-order valence-corrected chi connectivity index (χ4v) is 2.71. The third kappa shape index (κ3) is 2.03. The molecule has 2 aromatic rings. The van der Waals surface area contributed by atoms with Gasteiger partial charge in [0.05, 0.1) is 18.5 Å². The van der Waals surface area contributed by atoms with Gasteiger partial charge >= 0.3 is 0 Å². The number of rotatable bonds is 2. The lowest BCUT2D eigenvalue weighted by Crippen LogP contribution is -2.26. The largest absolute Gasteiger partial charge is 0.390 e. The number of nitrogen functional groups attached to an aromatic ring is 1. The van der Waals surface area contributed by atoms with Crippen LogP contribution in [-0.4, -0.2) is 36.8 Å². The Morgan fingerprint density at radius 3 is 2.85 bits per heavy atom. The molecule has 108 valence electrons. The molecule has 0 saturated carbocycles. The summed E-state index contributed by atoms with van der Waals surface area (Å²) in [5.74, 6) is 1.21. The van der Waals surface area contributed by atoms with Crippen molar-refractivity contribution in [3.05, 3.63) is 12.2 Å². The lowest BCUT2D eigenvalue weighted by atomic mass is 10.0. The van der Waals surface area contributed by atoms with Crippen molar-refractivity contribution >= 4 is 17.0 Å². The first-order chi connectivity index (χ1) is 9.47. The highest BCUT2D eigenvalue weighted by molar-refractivity contribution is 5.81. The monoisotopic (exact) mass is 277 g/mol. The normalized spacial score (nSPS) is 26.8. The van der Waals surface area contributed by atoms with E-state index >= 15 is 0 Å². The molecule has 7 nitrogen and oxygen atoms in total. The van der Waals surface area contributed by atoms with Gasteiger partial charge < -0.3 is 15.6 Å². The molecule has 1 aliphatic heterocycles. The Labute approximate surface area is 116 Å². The van der Waals surface area contributed by atoms with E-state index in [1.807, 2.05) is 18.4 Å². The van der Waals surface area contributed by atoms with E-state index in [0.29, 0.717) is 29.2 Å². The summed E-state index contributed by atoms with van der Waals surface area (Å²) in [6.07, 6.45) is 1.26. The van der Waals surface area contributed by atoms with E-state index in [0.717, 1.165) is 0 Å². The number of aromatic nitrogens is 4. The van der Waals surface area contributed by atoms with E-state index in [1.54, 1.807) is 13.3 Å². The number of hydrogen-bond donors (Lipinski definition) is 2. The van der Waals surface area contributed by atoms with Gasteiger partial charge in [0.2, 0.25) is 0 Å². The number of aliphatic hydroxyl groups is 1. The summed E-state index contributed by atoms with van der Waals surface area (Å²) in [7, 11) is 0. The lowest BCUT2D eigenvalue weighted by molar-refractivity contribution is -0.0401. The average Bonchev–Trinajstić information content (AvgIpc) is 2.92. The van der Waals surface area contributed by atoms with Crippen LogP contribution in [0.1, 0.15) is 32.3 Å². The number of aryl methyl sites for hydroxylation is 1. The van der Waals surface area contributed by atoms with Crippen molar-refractivity contribution in [2.45, 2.75) is 45.6 Å². The third-order valence-electron chi connectivity index (χ3n) is 3.66. The Kier molecular flexibility index (Phi) is 3.10. The van der Waals surface area contributed by atoms with Gasteiger partial charge in [-0.3, -0.25) is 4.57 Å². The van der Waals surface area contributed by atoms with Crippen molar-refractivity contribution in [1.82, 2.24) is 19.5 Å². The predicted octanol–water partition coefficient (Wildman–Crippen LogP) is 1.02. The van der Waals surface area contributed by atoms with Crippen molar-refractivity contribution in [2.24, 2.45) is 5.92 Å². The second-order valence-corrected chi connectivity index (χ2v) is 5.58. The fraction of sp³-hybridized carbons (Fsp3) is 0.615. The molecular formula is C13H19N5O2. The minimum atomic E-state index is -0.474. The van der Waals surface area contributed by atoms with Crippen LogP contribution in [0.2, 0.25) is 0 Å². The Bertz CT molecular complexity index is 639. The minimum absolute atomic E-state index is 0.169. The summed E-state index contributed by atoms with van der Waals surface area (Å²) in [6, 6.07) is 0. The van der Waals surface area contributed by atoms with Crippen LogP contribution >= 0.6 is 0 Å². The van der Waals surface area contributed by atoms with E-state index in [4.69, 9.17) is 10.5 Å². The third-order valence-corrected chi connectivity index (χ3v) is 3.66. The summed E-state index contributed by atoms with van der Waals surface area (Å²) >= 11 is 0. The van der Waals surface area contributed by atoms with Crippen LogP contribution in [0.5, 0.6) is 0 Å². The van der Waals surface area contributed by atoms with Crippen molar-refractivity contribution < 1.29 is 9.84 Å². The maximum Gasteiger partial charge on any atom is 0.167 e. The molecule has 0 aromatic carbocycles. The summed E-state index contributed by atoms with van der Waals surface area (Å²) in [4.78, 5) is 12.7. The number of nitrogens with two attached hydrogens (primary N) is 1. The molecule has 1 fully saturated rings. The summed E-state index contributed by atoms with van der Waals surface area (Å²) in [6.45, 7) is 5.85. The minimum Gasteiger partial charge on any atom is -0.390 e. The number of imidazole rings is 1. The van der Waals surface area contributed by atoms with Gasteiger partial charge in [0, 0.05) is 6.42 Å². The van der Waals surface area contributed by atoms with Gasteiger partial charge in [0.25, 0.3) is 0 Å². The van der Waals surface area contributed by atoms with E-state index in [9.17, 15) is 5.11 Å². The van der Waals surface area contributed by atoms with E-state index < -0.39 is 6.10 Å². The van der Waals surface area contributed by atoms with Crippen LogP contribution in [0.4, 0.5) is 5.82 Å². The van der Waals surface area contributed by atoms with Crippen LogP contribution in [0.15, 0.2) is 6.33 Å². The number of hydrogen-bond acceptors (Lipinski definition) is 6. The van der Waals surface area contributed by atoms with Crippen LogP contribution in [0.25, 0.3) is 11.2 Å². The van der Waals surface area contributed by atoms with Gasteiger partial charge in [-0.15, -0.1) is 0 Å². The Morgan fingerprint density at radius 1 is 1.45 bits per heavy atom. The molecular weight excluding hydrogens is 258 g/mol. The van der Waals surface area contributed by atoms with E-state index in [1.165, 1.54) is 0 Å². The summed E-state index contributed by atoms with van der Waals surface area (Å²) < 4.78 is 7.76. The zero-order chi connectivity index (χ0) is 14.4. The molecule has 3 atom stereocenters. The lowest BCUT2D eigenvalue weighted by Gasteiger charge is -2.18. The zero-order valence-corrected chi connectivity index (χ0v) is 11.8. The molecule has 0 bridgehead atoms. The second-order valence-electron chi connectivity index (χ2n) is 5.58. The molecule has 3 heterocycles. The molecule has 0 radical (unpaired) electrons. The van der Waals surface area contributed by atoms with Crippen LogP contribution in [0, 0.1) is 12.8 Å². The van der Waals surface area contributed by atoms with Gasteiger partial charge in [0.15, 0.2) is 11.5 Å². The molecule has 2 aromatic heterocycles. The standard InChI is InChI=1S/C13H19N5O2/c1-6(2)11-8(19)4-9(20-11)18-5-15-10-12(14)16-7(3)17-13(10)18/h5-6,8-9,11,19H,4H2,1-3H3,(H2,14,16,17)/t8-,9-,11-/m1/s1.